The predicted octanol–water partition coefficient (Wildman–Crippen LogP) is 2.29. The Labute approximate surface area is 126 Å². The van der Waals surface area contributed by atoms with Gasteiger partial charge in [0.2, 0.25) is 5.91 Å². The molecule has 0 aromatic carbocycles. The van der Waals surface area contributed by atoms with Crippen LogP contribution in [0, 0.1) is 11.8 Å². The normalized spacial score (nSPS) is 35.5. The van der Waals surface area contributed by atoms with Gasteiger partial charge in [-0.15, -0.1) is 11.6 Å². The first-order chi connectivity index (χ1) is 9.54. The van der Waals surface area contributed by atoms with Crippen molar-refractivity contribution in [1.82, 2.24) is 4.90 Å². The van der Waals surface area contributed by atoms with E-state index in [9.17, 15) is 4.79 Å². The van der Waals surface area contributed by atoms with Crippen LogP contribution < -0.4 is 0 Å². The number of amides is 1. The summed E-state index contributed by atoms with van der Waals surface area (Å²) in [5.41, 5.74) is 0. The van der Waals surface area contributed by atoms with Crippen LogP contribution in [0.5, 0.6) is 0 Å². The van der Waals surface area contributed by atoms with E-state index in [1.54, 1.807) is 0 Å². The molecule has 4 atom stereocenters. The SMILES string of the molecule is CC1OC(C)C(C(=O)N2CCC(OCCCl)CC2)C1C. The highest BCUT2D eigenvalue weighted by Crippen LogP contribution is 2.34. The van der Waals surface area contributed by atoms with E-state index in [4.69, 9.17) is 21.1 Å². The highest BCUT2D eigenvalue weighted by atomic mass is 35.5. The second kappa shape index (κ2) is 7.10. The molecule has 0 aromatic rings. The number of carbonyl (C=O) groups excluding carboxylic acids is 1. The maximum absolute atomic E-state index is 12.7. The fourth-order valence-corrected chi connectivity index (χ4v) is 3.45. The zero-order valence-electron chi connectivity index (χ0n) is 12.7. The summed E-state index contributed by atoms with van der Waals surface area (Å²) in [6, 6.07) is 0. The summed E-state index contributed by atoms with van der Waals surface area (Å²) >= 11 is 5.63. The summed E-state index contributed by atoms with van der Waals surface area (Å²) in [6.07, 6.45) is 2.27. The molecule has 2 saturated heterocycles. The molecule has 0 aliphatic carbocycles. The highest BCUT2D eigenvalue weighted by molar-refractivity contribution is 6.17. The van der Waals surface area contributed by atoms with E-state index in [-0.39, 0.29) is 30.1 Å². The molecule has 5 heteroatoms. The van der Waals surface area contributed by atoms with Crippen molar-refractivity contribution < 1.29 is 14.3 Å². The van der Waals surface area contributed by atoms with E-state index in [2.05, 4.69) is 13.8 Å². The van der Waals surface area contributed by atoms with Crippen LogP contribution >= 0.6 is 11.6 Å². The first-order valence-electron chi connectivity index (χ1n) is 7.66. The van der Waals surface area contributed by atoms with E-state index in [1.807, 2.05) is 11.8 Å². The van der Waals surface area contributed by atoms with Gasteiger partial charge in [-0.2, -0.15) is 0 Å². The van der Waals surface area contributed by atoms with Gasteiger partial charge in [0.15, 0.2) is 0 Å². The number of alkyl halides is 1. The standard InChI is InChI=1S/C15H26ClNO3/c1-10-11(2)20-12(3)14(10)15(18)17-7-4-13(5-8-17)19-9-6-16/h10-14H,4-9H2,1-3H3. The Morgan fingerprint density at radius 1 is 1.25 bits per heavy atom. The Morgan fingerprint density at radius 3 is 2.40 bits per heavy atom. The summed E-state index contributed by atoms with van der Waals surface area (Å²) in [5.74, 6) is 1.09. The van der Waals surface area contributed by atoms with Gasteiger partial charge in [-0.05, 0) is 32.6 Å². The van der Waals surface area contributed by atoms with Gasteiger partial charge in [0.1, 0.15) is 0 Å². The Morgan fingerprint density at radius 2 is 1.90 bits per heavy atom. The average Bonchev–Trinajstić information content (AvgIpc) is 2.70. The monoisotopic (exact) mass is 303 g/mol. The molecule has 1 amide bonds. The Bertz CT molecular complexity index is 331. The van der Waals surface area contributed by atoms with Gasteiger partial charge in [0, 0.05) is 19.0 Å². The van der Waals surface area contributed by atoms with Gasteiger partial charge in [0.25, 0.3) is 0 Å². The van der Waals surface area contributed by atoms with Crippen molar-refractivity contribution in [3.05, 3.63) is 0 Å². The molecule has 2 heterocycles. The van der Waals surface area contributed by atoms with Crippen LogP contribution in [-0.4, -0.2) is 54.7 Å². The van der Waals surface area contributed by atoms with Crippen LogP contribution in [0.25, 0.3) is 0 Å². The smallest absolute Gasteiger partial charge is 0.228 e. The topological polar surface area (TPSA) is 38.8 Å². The second-order valence-corrected chi connectivity index (χ2v) is 6.39. The lowest BCUT2D eigenvalue weighted by molar-refractivity contribution is -0.140. The Kier molecular flexibility index (Phi) is 5.70. The van der Waals surface area contributed by atoms with Crippen molar-refractivity contribution in [3.8, 4) is 0 Å². The molecule has 0 N–H and O–H groups in total. The maximum Gasteiger partial charge on any atom is 0.228 e. The van der Waals surface area contributed by atoms with Crippen LogP contribution in [0.2, 0.25) is 0 Å². The van der Waals surface area contributed by atoms with Gasteiger partial charge in [-0.3, -0.25) is 4.79 Å². The molecule has 0 bridgehead atoms. The molecular formula is C15H26ClNO3. The lowest BCUT2D eigenvalue weighted by Gasteiger charge is -2.34. The first-order valence-corrected chi connectivity index (χ1v) is 8.19. The molecule has 2 aliphatic rings. The minimum Gasteiger partial charge on any atom is -0.377 e. The predicted molar refractivity (Wildman–Crippen MR) is 78.9 cm³/mol. The summed E-state index contributed by atoms with van der Waals surface area (Å²) in [6.45, 7) is 8.36. The largest absolute Gasteiger partial charge is 0.377 e. The summed E-state index contributed by atoms with van der Waals surface area (Å²) in [7, 11) is 0. The van der Waals surface area contributed by atoms with Gasteiger partial charge in [0.05, 0.1) is 30.8 Å². The van der Waals surface area contributed by atoms with E-state index in [0.29, 0.717) is 18.4 Å². The molecule has 4 unspecified atom stereocenters. The maximum atomic E-state index is 12.7. The third-order valence-corrected chi connectivity index (χ3v) is 4.87. The molecule has 0 spiro atoms. The zero-order valence-corrected chi connectivity index (χ0v) is 13.4. The van der Waals surface area contributed by atoms with Gasteiger partial charge in [-0.1, -0.05) is 6.92 Å². The average molecular weight is 304 g/mol. The van der Waals surface area contributed by atoms with E-state index in [0.717, 1.165) is 25.9 Å². The number of piperidine rings is 1. The summed E-state index contributed by atoms with van der Waals surface area (Å²) < 4.78 is 11.4. The van der Waals surface area contributed by atoms with E-state index in [1.165, 1.54) is 0 Å². The molecule has 0 aromatic heterocycles. The zero-order chi connectivity index (χ0) is 14.7. The number of carbonyl (C=O) groups is 1. The number of ether oxygens (including phenoxy) is 2. The highest BCUT2D eigenvalue weighted by Gasteiger charge is 2.43. The minimum atomic E-state index is 0.00492. The molecule has 4 nitrogen and oxygen atoms in total. The summed E-state index contributed by atoms with van der Waals surface area (Å²) in [4.78, 5) is 14.7. The first kappa shape index (κ1) is 16.1. The molecule has 0 saturated carbocycles. The van der Waals surface area contributed by atoms with Crippen molar-refractivity contribution in [2.75, 3.05) is 25.6 Å². The molecule has 116 valence electrons. The van der Waals surface area contributed by atoms with Gasteiger partial charge in [-0.25, -0.2) is 0 Å². The lowest BCUT2D eigenvalue weighted by Crippen LogP contribution is -2.46. The number of hydrogen-bond donors (Lipinski definition) is 0. The molecular weight excluding hydrogens is 278 g/mol. The molecule has 0 radical (unpaired) electrons. The van der Waals surface area contributed by atoms with Crippen molar-refractivity contribution in [2.24, 2.45) is 11.8 Å². The van der Waals surface area contributed by atoms with Gasteiger partial charge >= 0.3 is 0 Å². The molecule has 2 rings (SSSR count). The second-order valence-electron chi connectivity index (χ2n) is 6.02. The van der Waals surface area contributed by atoms with Crippen molar-refractivity contribution in [1.29, 1.82) is 0 Å². The number of hydrogen-bond acceptors (Lipinski definition) is 3. The molecule has 2 aliphatic heterocycles. The Balaban J connectivity index is 1.85. The number of likely N-dealkylation sites (tertiary alicyclic amines) is 1. The third-order valence-electron chi connectivity index (χ3n) is 4.71. The van der Waals surface area contributed by atoms with E-state index >= 15 is 0 Å². The fraction of sp³-hybridized carbons (Fsp3) is 0.933. The van der Waals surface area contributed by atoms with Crippen LogP contribution in [0.4, 0.5) is 0 Å². The number of rotatable bonds is 4. The lowest BCUT2D eigenvalue weighted by atomic mass is 9.88. The van der Waals surface area contributed by atoms with Crippen molar-refractivity contribution in [3.63, 3.8) is 0 Å². The minimum absolute atomic E-state index is 0.00492. The number of nitrogens with zero attached hydrogens (tertiary/aromatic N) is 1. The third kappa shape index (κ3) is 3.46. The van der Waals surface area contributed by atoms with Gasteiger partial charge < -0.3 is 14.4 Å². The van der Waals surface area contributed by atoms with Crippen molar-refractivity contribution >= 4 is 17.5 Å². The summed E-state index contributed by atoms with van der Waals surface area (Å²) in [5, 5.41) is 0. The fourth-order valence-electron chi connectivity index (χ4n) is 3.36. The molecule has 20 heavy (non-hydrogen) atoms. The van der Waals surface area contributed by atoms with Crippen molar-refractivity contribution in [2.45, 2.75) is 51.9 Å². The number of halogens is 1. The van der Waals surface area contributed by atoms with Crippen LogP contribution in [0.15, 0.2) is 0 Å². The van der Waals surface area contributed by atoms with E-state index < -0.39 is 0 Å². The van der Waals surface area contributed by atoms with Crippen LogP contribution in [-0.2, 0) is 14.3 Å². The molecule has 2 fully saturated rings. The Hall–Kier alpha value is -0.320. The quantitative estimate of drug-likeness (QED) is 0.748. The van der Waals surface area contributed by atoms with Crippen LogP contribution in [0.3, 0.4) is 0 Å². The van der Waals surface area contributed by atoms with Crippen LogP contribution in [0.1, 0.15) is 33.6 Å².